The van der Waals surface area contributed by atoms with Gasteiger partial charge in [-0.05, 0) is 32.5 Å². The van der Waals surface area contributed by atoms with Crippen molar-refractivity contribution in [3.8, 4) is 0 Å². The molecule has 0 bridgehead atoms. The van der Waals surface area contributed by atoms with Crippen LogP contribution in [0, 0.1) is 6.92 Å². The van der Waals surface area contributed by atoms with Gasteiger partial charge in [0.05, 0.1) is 5.69 Å². The summed E-state index contributed by atoms with van der Waals surface area (Å²) in [6.07, 6.45) is 0.891. The molecule has 1 aromatic heterocycles. The summed E-state index contributed by atoms with van der Waals surface area (Å²) in [5.74, 6) is 0. The number of pyridine rings is 1. The van der Waals surface area contributed by atoms with Gasteiger partial charge in [-0.25, -0.2) is 0 Å². The van der Waals surface area contributed by atoms with Crippen LogP contribution in [0.1, 0.15) is 17.8 Å². The van der Waals surface area contributed by atoms with Crippen LogP contribution in [-0.2, 0) is 11.3 Å². The maximum atomic E-state index is 6.00. The number of ether oxygens (including phenoxy) is 1. The minimum Gasteiger partial charge on any atom is -0.385 e. The van der Waals surface area contributed by atoms with Crippen LogP contribution < -0.4 is 5.73 Å². The van der Waals surface area contributed by atoms with Crippen molar-refractivity contribution in [1.82, 2.24) is 9.88 Å². The van der Waals surface area contributed by atoms with Gasteiger partial charge in [0, 0.05) is 38.5 Å². The van der Waals surface area contributed by atoms with Gasteiger partial charge in [-0.3, -0.25) is 9.88 Å². The molecule has 1 atom stereocenters. The van der Waals surface area contributed by atoms with Crippen molar-refractivity contribution in [2.45, 2.75) is 25.9 Å². The lowest BCUT2D eigenvalue weighted by atomic mass is 10.2. The number of nitrogens with two attached hydrogens (primary N) is 1. The van der Waals surface area contributed by atoms with Crippen LogP contribution in [0.15, 0.2) is 18.2 Å². The monoisotopic (exact) mass is 237 g/mol. The van der Waals surface area contributed by atoms with Crippen LogP contribution in [0.25, 0.3) is 0 Å². The fourth-order valence-corrected chi connectivity index (χ4v) is 1.79. The Hall–Kier alpha value is -0.970. The molecule has 0 spiro atoms. The topological polar surface area (TPSA) is 51.4 Å². The highest BCUT2D eigenvalue weighted by Gasteiger charge is 2.07. The molecule has 0 saturated heterocycles. The van der Waals surface area contributed by atoms with E-state index in [1.165, 1.54) is 0 Å². The first-order valence-corrected chi connectivity index (χ1v) is 5.97. The zero-order valence-corrected chi connectivity index (χ0v) is 11.0. The standard InChI is InChI=1S/C13H23N3O/c1-11-5-4-6-13(15-11)10-16(2)9-12(14)7-8-17-3/h4-6,12H,7-10,14H2,1-3H3. The third-order valence-electron chi connectivity index (χ3n) is 2.62. The summed E-state index contributed by atoms with van der Waals surface area (Å²) >= 11 is 0. The Balaban J connectivity index is 2.36. The predicted octanol–water partition coefficient (Wildman–Crippen LogP) is 1.19. The summed E-state index contributed by atoms with van der Waals surface area (Å²) < 4.78 is 5.02. The average molecular weight is 237 g/mol. The minimum atomic E-state index is 0.157. The van der Waals surface area contributed by atoms with Crippen molar-refractivity contribution in [2.75, 3.05) is 27.3 Å². The Morgan fingerprint density at radius 2 is 2.24 bits per heavy atom. The van der Waals surface area contributed by atoms with Gasteiger partial charge >= 0.3 is 0 Å². The lowest BCUT2D eigenvalue weighted by Gasteiger charge is -2.20. The second kappa shape index (κ2) is 7.37. The number of aromatic nitrogens is 1. The van der Waals surface area contributed by atoms with E-state index in [9.17, 15) is 0 Å². The first kappa shape index (κ1) is 14.1. The smallest absolute Gasteiger partial charge is 0.0547 e. The number of aryl methyl sites for hydroxylation is 1. The van der Waals surface area contributed by atoms with E-state index in [-0.39, 0.29) is 6.04 Å². The van der Waals surface area contributed by atoms with Crippen molar-refractivity contribution in [3.63, 3.8) is 0 Å². The van der Waals surface area contributed by atoms with Gasteiger partial charge in [0.2, 0.25) is 0 Å². The van der Waals surface area contributed by atoms with Crippen molar-refractivity contribution >= 4 is 0 Å². The van der Waals surface area contributed by atoms with Crippen LogP contribution in [-0.4, -0.2) is 43.2 Å². The molecule has 1 rings (SSSR count). The normalized spacial score (nSPS) is 13.0. The summed E-state index contributed by atoms with van der Waals surface area (Å²) in [6.45, 7) is 4.42. The fourth-order valence-electron chi connectivity index (χ4n) is 1.79. The van der Waals surface area contributed by atoms with Gasteiger partial charge in [0.25, 0.3) is 0 Å². The van der Waals surface area contributed by atoms with Crippen molar-refractivity contribution < 1.29 is 4.74 Å². The van der Waals surface area contributed by atoms with Gasteiger partial charge in [0.15, 0.2) is 0 Å². The van der Waals surface area contributed by atoms with E-state index in [1.54, 1.807) is 7.11 Å². The van der Waals surface area contributed by atoms with Gasteiger partial charge in [0.1, 0.15) is 0 Å². The molecule has 0 fully saturated rings. The SMILES string of the molecule is COCCC(N)CN(C)Cc1cccc(C)n1. The highest BCUT2D eigenvalue weighted by molar-refractivity contribution is 5.09. The third kappa shape index (κ3) is 5.77. The molecule has 1 aromatic rings. The minimum absolute atomic E-state index is 0.157. The summed E-state index contributed by atoms with van der Waals surface area (Å²) in [4.78, 5) is 6.67. The molecule has 0 aliphatic heterocycles. The van der Waals surface area contributed by atoms with E-state index in [0.717, 1.165) is 37.5 Å². The van der Waals surface area contributed by atoms with Gasteiger partial charge in [-0.1, -0.05) is 6.07 Å². The lowest BCUT2D eigenvalue weighted by molar-refractivity contribution is 0.178. The number of nitrogens with zero attached hydrogens (tertiary/aromatic N) is 2. The summed E-state index contributed by atoms with van der Waals surface area (Å²) in [6, 6.07) is 6.25. The van der Waals surface area contributed by atoms with E-state index in [4.69, 9.17) is 10.5 Å². The molecular weight excluding hydrogens is 214 g/mol. The molecule has 0 amide bonds. The molecule has 4 nitrogen and oxygen atoms in total. The van der Waals surface area contributed by atoms with Crippen LogP contribution in [0.4, 0.5) is 0 Å². The second-order valence-corrected chi connectivity index (χ2v) is 4.51. The molecule has 0 aromatic carbocycles. The zero-order valence-electron chi connectivity index (χ0n) is 11.0. The second-order valence-electron chi connectivity index (χ2n) is 4.51. The Bertz CT molecular complexity index is 330. The van der Waals surface area contributed by atoms with Crippen LogP contribution >= 0.6 is 0 Å². The lowest BCUT2D eigenvalue weighted by Crippen LogP contribution is -2.35. The van der Waals surface area contributed by atoms with Crippen molar-refractivity contribution in [2.24, 2.45) is 5.73 Å². The summed E-state index contributed by atoms with van der Waals surface area (Å²) in [5, 5.41) is 0. The molecule has 1 unspecified atom stereocenters. The average Bonchev–Trinajstić information content (AvgIpc) is 2.26. The molecule has 96 valence electrons. The number of hydrogen-bond donors (Lipinski definition) is 1. The van der Waals surface area contributed by atoms with Crippen LogP contribution in [0.5, 0.6) is 0 Å². The Kier molecular flexibility index (Phi) is 6.11. The molecule has 0 saturated carbocycles. The van der Waals surface area contributed by atoms with Crippen molar-refractivity contribution in [1.29, 1.82) is 0 Å². The first-order valence-electron chi connectivity index (χ1n) is 5.97. The molecule has 2 N–H and O–H groups in total. The maximum Gasteiger partial charge on any atom is 0.0547 e. The highest BCUT2D eigenvalue weighted by atomic mass is 16.5. The van der Waals surface area contributed by atoms with Crippen LogP contribution in [0.3, 0.4) is 0 Å². The first-order chi connectivity index (χ1) is 8.11. The Morgan fingerprint density at radius 3 is 2.88 bits per heavy atom. The molecule has 1 heterocycles. The molecule has 4 heteroatoms. The zero-order chi connectivity index (χ0) is 12.7. The largest absolute Gasteiger partial charge is 0.385 e. The quantitative estimate of drug-likeness (QED) is 0.774. The van der Waals surface area contributed by atoms with Gasteiger partial charge in [-0.2, -0.15) is 0 Å². The fraction of sp³-hybridized carbons (Fsp3) is 0.615. The molecular formula is C13H23N3O. The van der Waals surface area contributed by atoms with Gasteiger partial charge in [-0.15, -0.1) is 0 Å². The number of hydrogen-bond acceptors (Lipinski definition) is 4. The molecule has 0 aliphatic rings. The highest BCUT2D eigenvalue weighted by Crippen LogP contribution is 2.02. The maximum absolute atomic E-state index is 6.00. The Morgan fingerprint density at radius 1 is 1.47 bits per heavy atom. The third-order valence-corrected chi connectivity index (χ3v) is 2.62. The van der Waals surface area contributed by atoms with Gasteiger partial charge < -0.3 is 10.5 Å². The molecule has 17 heavy (non-hydrogen) atoms. The van der Waals surface area contributed by atoms with E-state index in [2.05, 4.69) is 16.9 Å². The van der Waals surface area contributed by atoms with E-state index >= 15 is 0 Å². The van der Waals surface area contributed by atoms with E-state index in [0.29, 0.717) is 0 Å². The summed E-state index contributed by atoms with van der Waals surface area (Å²) in [7, 11) is 3.77. The number of rotatable bonds is 7. The van der Waals surface area contributed by atoms with E-state index < -0.39 is 0 Å². The number of likely N-dealkylation sites (N-methyl/N-ethyl adjacent to an activating group) is 1. The van der Waals surface area contributed by atoms with E-state index in [1.807, 2.05) is 25.1 Å². The summed E-state index contributed by atoms with van der Waals surface area (Å²) in [5.41, 5.74) is 8.15. The van der Waals surface area contributed by atoms with Crippen molar-refractivity contribution in [3.05, 3.63) is 29.6 Å². The molecule has 0 radical (unpaired) electrons. The van der Waals surface area contributed by atoms with Crippen LogP contribution in [0.2, 0.25) is 0 Å². The Labute approximate surface area is 104 Å². The molecule has 0 aliphatic carbocycles. The number of methoxy groups -OCH3 is 1. The predicted molar refractivity (Wildman–Crippen MR) is 69.8 cm³/mol.